The maximum atomic E-state index is 10.8. The van der Waals surface area contributed by atoms with E-state index in [1.165, 1.54) is 23.5 Å². The van der Waals surface area contributed by atoms with Crippen molar-refractivity contribution in [3.05, 3.63) is 92.4 Å². The quantitative estimate of drug-likeness (QED) is 0.198. The van der Waals surface area contributed by atoms with Crippen molar-refractivity contribution in [1.82, 2.24) is 4.98 Å². The second kappa shape index (κ2) is 9.02. The first kappa shape index (κ1) is 20.0. The molecule has 0 amide bonds. The predicted molar refractivity (Wildman–Crippen MR) is 122 cm³/mol. The molecule has 7 nitrogen and oxygen atoms in total. The largest absolute Gasteiger partial charge is 0.488 e. The molecular formula is C21H15BrN4O3S. The summed E-state index contributed by atoms with van der Waals surface area (Å²) in [6.45, 7) is 0.283. The van der Waals surface area contributed by atoms with Crippen molar-refractivity contribution < 1.29 is 9.66 Å². The number of nitrogens with zero attached hydrogens (tertiary/aromatic N) is 3. The van der Waals surface area contributed by atoms with E-state index in [9.17, 15) is 10.1 Å². The third-order valence-electron chi connectivity index (χ3n) is 4.17. The molecule has 9 heteroatoms. The van der Waals surface area contributed by atoms with Gasteiger partial charge in [-0.2, -0.15) is 5.10 Å². The molecule has 3 aromatic carbocycles. The lowest BCUT2D eigenvalue weighted by Crippen LogP contribution is -1.99. The van der Waals surface area contributed by atoms with Gasteiger partial charge in [0.1, 0.15) is 12.4 Å². The van der Waals surface area contributed by atoms with E-state index in [0.717, 1.165) is 25.8 Å². The Morgan fingerprint density at radius 2 is 1.97 bits per heavy atom. The van der Waals surface area contributed by atoms with E-state index >= 15 is 0 Å². The van der Waals surface area contributed by atoms with Crippen molar-refractivity contribution in [3.63, 3.8) is 0 Å². The number of nitrogens with one attached hydrogen (secondary N) is 1. The number of para-hydroxylation sites is 1. The molecule has 1 aromatic heterocycles. The fraction of sp³-hybridized carbons (Fsp3) is 0.0476. The number of non-ortho nitro benzene ring substituents is 1. The number of benzene rings is 3. The van der Waals surface area contributed by atoms with Crippen molar-refractivity contribution in [2.75, 3.05) is 5.43 Å². The number of nitro groups is 1. The zero-order valence-electron chi connectivity index (χ0n) is 15.5. The van der Waals surface area contributed by atoms with E-state index < -0.39 is 4.92 Å². The van der Waals surface area contributed by atoms with Crippen LogP contribution in [0.4, 0.5) is 10.8 Å². The van der Waals surface area contributed by atoms with E-state index in [1.807, 2.05) is 42.5 Å². The molecule has 0 fully saturated rings. The summed E-state index contributed by atoms with van der Waals surface area (Å²) < 4.78 is 7.89. The molecule has 0 atom stereocenters. The number of rotatable bonds is 7. The average molecular weight is 483 g/mol. The number of halogens is 1. The molecule has 0 aliphatic rings. The fourth-order valence-electron chi connectivity index (χ4n) is 2.70. The number of anilines is 1. The Balaban J connectivity index is 1.45. The number of hydrogen-bond donors (Lipinski definition) is 1. The summed E-state index contributed by atoms with van der Waals surface area (Å²) in [7, 11) is 0. The molecule has 0 radical (unpaired) electrons. The lowest BCUT2D eigenvalue weighted by molar-refractivity contribution is -0.384. The molecule has 1 N–H and O–H groups in total. The number of nitro benzene ring substituents is 1. The molecule has 0 saturated heterocycles. The number of hydrogen-bond acceptors (Lipinski definition) is 7. The Bertz CT molecular complexity index is 1190. The number of aromatic nitrogens is 1. The standard InChI is InChI=1S/C21H15BrN4O3S/c22-16-7-10-19(29-13-14-5-8-17(9-6-14)26(27)28)15(11-16)12-23-25-21-24-18-3-1-2-4-20(18)30-21/h1-12H,13H2,(H,24,25)/b23-12+. The Morgan fingerprint density at radius 1 is 1.17 bits per heavy atom. The normalized spacial score (nSPS) is 11.1. The van der Waals surface area contributed by atoms with E-state index in [1.54, 1.807) is 18.3 Å². The first-order chi connectivity index (χ1) is 14.6. The van der Waals surface area contributed by atoms with Gasteiger partial charge in [-0.1, -0.05) is 39.4 Å². The molecule has 4 rings (SSSR count). The Kier molecular flexibility index (Phi) is 6.01. The average Bonchev–Trinajstić information content (AvgIpc) is 3.16. The van der Waals surface area contributed by atoms with Crippen LogP contribution in [0, 0.1) is 10.1 Å². The summed E-state index contributed by atoms with van der Waals surface area (Å²) in [5.41, 5.74) is 5.55. The minimum Gasteiger partial charge on any atom is -0.488 e. The molecule has 0 saturated carbocycles. The van der Waals surface area contributed by atoms with Crippen LogP contribution >= 0.6 is 27.3 Å². The summed E-state index contributed by atoms with van der Waals surface area (Å²) >= 11 is 4.99. The maximum absolute atomic E-state index is 10.8. The third kappa shape index (κ3) is 4.81. The second-order valence-corrected chi connectivity index (χ2v) is 8.20. The van der Waals surface area contributed by atoms with E-state index in [-0.39, 0.29) is 12.3 Å². The highest BCUT2D eigenvalue weighted by molar-refractivity contribution is 9.10. The highest BCUT2D eigenvalue weighted by Gasteiger charge is 2.07. The van der Waals surface area contributed by atoms with Gasteiger partial charge in [0, 0.05) is 22.2 Å². The van der Waals surface area contributed by atoms with E-state index in [0.29, 0.717) is 10.9 Å². The van der Waals surface area contributed by atoms with Crippen LogP contribution in [0.25, 0.3) is 10.2 Å². The van der Waals surface area contributed by atoms with Gasteiger partial charge >= 0.3 is 0 Å². The molecule has 1 heterocycles. The molecular weight excluding hydrogens is 468 g/mol. The van der Waals surface area contributed by atoms with Gasteiger partial charge in [0.05, 0.1) is 21.4 Å². The van der Waals surface area contributed by atoms with Crippen molar-refractivity contribution in [3.8, 4) is 5.75 Å². The summed E-state index contributed by atoms with van der Waals surface area (Å²) in [4.78, 5) is 14.8. The van der Waals surface area contributed by atoms with Crippen molar-refractivity contribution in [2.45, 2.75) is 6.61 Å². The van der Waals surface area contributed by atoms with Crippen molar-refractivity contribution in [1.29, 1.82) is 0 Å². The molecule has 4 aromatic rings. The van der Waals surface area contributed by atoms with Gasteiger partial charge in [0.25, 0.3) is 5.69 Å². The van der Waals surface area contributed by atoms with Crippen LogP contribution in [0.2, 0.25) is 0 Å². The second-order valence-electron chi connectivity index (χ2n) is 6.25. The lowest BCUT2D eigenvalue weighted by atomic mass is 10.2. The molecule has 30 heavy (non-hydrogen) atoms. The minimum absolute atomic E-state index is 0.0520. The Hall–Kier alpha value is -3.30. The maximum Gasteiger partial charge on any atom is 0.269 e. The van der Waals surface area contributed by atoms with E-state index in [2.05, 4.69) is 31.4 Å². The topological polar surface area (TPSA) is 89.7 Å². The van der Waals surface area contributed by atoms with Gasteiger partial charge in [0.2, 0.25) is 5.13 Å². The molecule has 0 unspecified atom stereocenters. The number of hydrazone groups is 1. The number of fused-ring (bicyclic) bond motifs is 1. The first-order valence-corrected chi connectivity index (χ1v) is 10.5. The zero-order chi connectivity index (χ0) is 20.9. The molecule has 0 aliphatic heterocycles. The summed E-state index contributed by atoms with van der Waals surface area (Å²) in [6.07, 6.45) is 1.67. The van der Waals surface area contributed by atoms with Crippen molar-refractivity contribution in [2.24, 2.45) is 5.10 Å². The number of ether oxygens (including phenoxy) is 1. The number of thiazole rings is 1. The molecule has 0 spiro atoms. The summed E-state index contributed by atoms with van der Waals surface area (Å²) in [5.74, 6) is 0.645. The molecule has 150 valence electrons. The molecule has 0 aliphatic carbocycles. The van der Waals surface area contributed by atoms with Crippen LogP contribution in [-0.4, -0.2) is 16.1 Å². The Morgan fingerprint density at radius 3 is 2.73 bits per heavy atom. The van der Waals surface area contributed by atoms with Gasteiger partial charge in [-0.3, -0.25) is 15.5 Å². The minimum atomic E-state index is -0.424. The predicted octanol–water partition coefficient (Wildman–Crippen LogP) is 5.99. The SMILES string of the molecule is O=[N+]([O-])c1ccc(COc2ccc(Br)cc2/C=N/Nc2nc3ccccc3s2)cc1. The first-order valence-electron chi connectivity index (χ1n) is 8.89. The smallest absolute Gasteiger partial charge is 0.269 e. The van der Waals surface area contributed by atoms with Crippen LogP contribution in [0.1, 0.15) is 11.1 Å². The Labute approximate surface area is 184 Å². The van der Waals surface area contributed by atoms with Gasteiger partial charge in [-0.15, -0.1) is 0 Å². The van der Waals surface area contributed by atoms with E-state index in [4.69, 9.17) is 4.74 Å². The van der Waals surface area contributed by atoms with Crippen LogP contribution in [0.3, 0.4) is 0 Å². The summed E-state index contributed by atoms with van der Waals surface area (Å²) in [5, 5.41) is 15.8. The fourth-order valence-corrected chi connectivity index (χ4v) is 3.90. The highest BCUT2D eigenvalue weighted by Crippen LogP contribution is 2.26. The monoisotopic (exact) mass is 482 g/mol. The zero-order valence-corrected chi connectivity index (χ0v) is 17.9. The van der Waals surface area contributed by atoms with Gasteiger partial charge in [-0.25, -0.2) is 4.98 Å². The molecule has 0 bridgehead atoms. The third-order valence-corrected chi connectivity index (χ3v) is 5.61. The highest BCUT2D eigenvalue weighted by atomic mass is 79.9. The van der Waals surface area contributed by atoms with Crippen LogP contribution in [0.15, 0.2) is 76.3 Å². The van der Waals surface area contributed by atoms with Crippen molar-refractivity contribution >= 4 is 54.5 Å². The van der Waals surface area contributed by atoms with Gasteiger partial charge < -0.3 is 4.74 Å². The van der Waals surface area contributed by atoms with Crippen LogP contribution < -0.4 is 10.2 Å². The lowest BCUT2D eigenvalue weighted by Gasteiger charge is -2.09. The van der Waals surface area contributed by atoms with Gasteiger partial charge in [0.15, 0.2) is 0 Å². The van der Waals surface area contributed by atoms with Crippen LogP contribution in [0.5, 0.6) is 5.75 Å². The van der Waals surface area contributed by atoms with Gasteiger partial charge in [-0.05, 0) is 48.0 Å². The summed E-state index contributed by atoms with van der Waals surface area (Å²) in [6, 6.07) is 19.8. The van der Waals surface area contributed by atoms with Crippen LogP contribution in [-0.2, 0) is 6.61 Å².